The highest BCUT2D eigenvalue weighted by Gasteiger charge is 2.10. The highest BCUT2D eigenvalue weighted by molar-refractivity contribution is 5.97. The third-order valence-corrected chi connectivity index (χ3v) is 1.77. The third kappa shape index (κ3) is 1.43. The molecule has 0 amide bonds. The van der Waals surface area contributed by atoms with Crippen molar-refractivity contribution in [1.82, 2.24) is 0 Å². The second kappa shape index (κ2) is 2.95. The minimum atomic E-state index is 0.332. The molecule has 1 atom stereocenters. The normalized spacial score (nSPS) is 25.7. The topological polar surface area (TPSA) is 24.7 Å². The van der Waals surface area contributed by atoms with Crippen molar-refractivity contribution in [3.63, 3.8) is 0 Å². The summed E-state index contributed by atoms with van der Waals surface area (Å²) in [5, 5.41) is 0. The summed E-state index contributed by atoms with van der Waals surface area (Å²) in [6.45, 7) is 7.08. The molecule has 2 nitrogen and oxygen atoms in total. The maximum absolute atomic E-state index is 4.42. The van der Waals surface area contributed by atoms with Gasteiger partial charge in [-0.1, -0.05) is 6.92 Å². The molecule has 10 heavy (non-hydrogen) atoms. The van der Waals surface area contributed by atoms with E-state index in [0.717, 1.165) is 18.7 Å². The Bertz CT molecular complexity index is 180. The molecule has 1 aliphatic heterocycles. The van der Waals surface area contributed by atoms with Crippen LogP contribution in [-0.2, 0) is 0 Å². The average molecular weight is 138 g/mol. The number of hydrogen-bond donors (Lipinski definition) is 0. The molecule has 0 saturated heterocycles. The molecule has 0 N–H and O–H groups in total. The molecule has 0 aromatic carbocycles. The predicted molar refractivity (Wildman–Crippen MR) is 45.2 cm³/mol. The van der Waals surface area contributed by atoms with Gasteiger partial charge in [0.25, 0.3) is 0 Å². The Hall–Kier alpha value is -0.660. The van der Waals surface area contributed by atoms with Crippen LogP contribution in [0.5, 0.6) is 0 Å². The van der Waals surface area contributed by atoms with Crippen LogP contribution in [0, 0.1) is 0 Å². The van der Waals surface area contributed by atoms with Gasteiger partial charge in [-0.3, -0.25) is 9.98 Å². The van der Waals surface area contributed by atoms with Crippen molar-refractivity contribution in [2.45, 2.75) is 33.2 Å². The molecule has 1 heterocycles. The summed E-state index contributed by atoms with van der Waals surface area (Å²) < 4.78 is 0. The summed E-state index contributed by atoms with van der Waals surface area (Å²) in [5.74, 6) is 0. The third-order valence-electron chi connectivity index (χ3n) is 1.77. The molecule has 0 aromatic rings. The summed E-state index contributed by atoms with van der Waals surface area (Å²) in [7, 11) is 0. The minimum Gasteiger partial charge on any atom is -0.286 e. The van der Waals surface area contributed by atoms with Crippen LogP contribution in [0.1, 0.15) is 27.2 Å². The number of nitrogens with zero attached hydrogens (tertiary/aromatic N) is 2. The first-order chi connectivity index (χ1) is 4.74. The summed E-state index contributed by atoms with van der Waals surface area (Å²) >= 11 is 0. The van der Waals surface area contributed by atoms with Gasteiger partial charge in [0.2, 0.25) is 0 Å². The quantitative estimate of drug-likeness (QED) is 0.527. The van der Waals surface area contributed by atoms with E-state index in [1.807, 2.05) is 6.92 Å². The van der Waals surface area contributed by atoms with Gasteiger partial charge >= 0.3 is 0 Å². The van der Waals surface area contributed by atoms with Crippen LogP contribution in [0.25, 0.3) is 0 Å². The molecule has 0 aliphatic carbocycles. The van der Waals surface area contributed by atoms with Crippen LogP contribution in [0.4, 0.5) is 0 Å². The first-order valence-electron chi connectivity index (χ1n) is 3.80. The second-order valence-corrected chi connectivity index (χ2v) is 2.70. The largest absolute Gasteiger partial charge is 0.286 e. The van der Waals surface area contributed by atoms with Gasteiger partial charge in [-0.15, -0.1) is 0 Å². The van der Waals surface area contributed by atoms with Gasteiger partial charge in [0.1, 0.15) is 0 Å². The van der Waals surface area contributed by atoms with Gasteiger partial charge in [0.15, 0.2) is 0 Å². The van der Waals surface area contributed by atoms with E-state index >= 15 is 0 Å². The Morgan fingerprint density at radius 1 is 1.60 bits per heavy atom. The van der Waals surface area contributed by atoms with Crippen LogP contribution in [0.15, 0.2) is 9.98 Å². The van der Waals surface area contributed by atoms with E-state index in [9.17, 15) is 0 Å². The van der Waals surface area contributed by atoms with E-state index in [1.165, 1.54) is 5.71 Å². The Labute approximate surface area is 62.1 Å². The fraction of sp³-hybridized carbons (Fsp3) is 0.750. The van der Waals surface area contributed by atoms with E-state index < -0.39 is 0 Å². The van der Waals surface area contributed by atoms with Crippen molar-refractivity contribution in [2.24, 2.45) is 9.98 Å². The summed E-state index contributed by atoms with van der Waals surface area (Å²) in [4.78, 5) is 8.82. The van der Waals surface area contributed by atoms with Crippen LogP contribution < -0.4 is 0 Å². The average Bonchev–Trinajstić information content (AvgIpc) is 1.88. The first kappa shape index (κ1) is 7.45. The Kier molecular flexibility index (Phi) is 2.20. The monoisotopic (exact) mass is 138 g/mol. The number of aliphatic imine (C=N–C) groups is 2. The second-order valence-electron chi connectivity index (χ2n) is 2.70. The van der Waals surface area contributed by atoms with Crippen LogP contribution in [-0.4, -0.2) is 24.0 Å². The molecule has 0 radical (unpaired) electrons. The van der Waals surface area contributed by atoms with E-state index in [2.05, 4.69) is 23.8 Å². The van der Waals surface area contributed by atoms with Gasteiger partial charge in [-0.25, -0.2) is 0 Å². The lowest BCUT2D eigenvalue weighted by atomic mass is 10.1. The van der Waals surface area contributed by atoms with E-state index in [-0.39, 0.29) is 0 Å². The summed E-state index contributed by atoms with van der Waals surface area (Å²) in [6.07, 6.45) is 1.04. The molecule has 0 bridgehead atoms. The van der Waals surface area contributed by atoms with Gasteiger partial charge in [-0.05, 0) is 20.3 Å². The maximum atomic E-state index is 4.42. The lowest BCUT2D eigenvalue weighted by molar-refractivity contribution is 0.901. The molecule has 1 unspecified atom stereocenters. The molecular weight excluding hydrogens is 124 g/mol. The number of hydrogen-bond acceptors (Lipinski definition) is 2. The van der Waals surface area contributed by atoms with Crippen molar-refractivity contribution in [3.05, 3.63) is 0 Å². The molecule has 0 saturated carbocycles. The lowest BCUT2D eigenvalue weighted by Crippen LogP contribution is -2.22. The Morgan fingerprint density at radius 3 is 2.80 bits per heavy atom. The van der Waals surface area contributed by atoms with Gasteiger partial charge < -0.3 is 0 Å². The van der Waals surface area contributed by atoms with Crippen LogP contribution in [0.2, 0.25) is 0 Å². The summed E-state index contributed by atoms with van der Waals surface area (Å²) in [5.41, 5.74) is 2.40. The lowest BCUT2D eigenvalue weighted by Gasteiger charge is -2.14. The van der Waals surface area contributed by atoms with E-state index in [0.29, 0.717) is 6.04 Å². The van der Waals surface area contributed by atoms with Gasteiger partial charge in [0.05, 0.1) is 12.6 Å². The Morgan fingerprint density at radius 2 is 2.30 bits per heavy atom. The molecule has 0 aromatic heterocycles. The molecule has 2 heteroatoms. The predicted octanol–water partition coefficient (Wildman–Crippen LogP) is 1.70. The fourth-order valence-corrected chi connectivity index (χ4v) is 1.20. The smallest absolute Gasteiger partial charge is 0.0848 e. The van der Waals surface area contributed by atoms with Crippen molar-refractivity contribution >= 4 is 11.4 Å². The molecular formula is C8H14N2. The zero-order chi connectivity index (χ0) is 7.56. The van der Waals surface area contributed by atoms with Gasteiger partial charge in [0, 0.05) is 11.4 Å². The van der Waals surface area contributed by atoms with E-state index in [4.69, 9.17) is 0 Å². The summed E-state index contributed by atoms with van der Waals surface area (Å²) in [6, 6.07) is 0.332. The molecule has 56 valence electrons. The van der Waals surface area contributed by atoms with Gasteiger partial charge in [-0.2, -0.15) is 0 Å². The maximum Gasteiger partial charge on any atom is 0.0848 e. The fourth-order valence-electron chi connectivity index (χ4n) is 1.20. The molecule has 0 spiro atoms. The van der Waals surface area contributed by atoms with Crippen molar-refractivity contribution < 1.29 is 0 Å². The molecule has 0 fully saturated rings. The number of rotatable bonds is 1. The SMILES string of the molecule is CCC1=NCC(C)=NC1C. The first-order valence-corrected chi connectivity index (χ1v) is 3.80. The van der Waals surface area contributed by atoms with Crippen molar-refractivity contribution in [2.75, 3.05) is 6.54 Å². The minimum absolute atomic E-state index is 0.332. The standard InChI is InChI=1S/C8H14N2/c1-4-8-7(3)10-6(2)5-9-8/h7H,4-5H2,1-3H3. The zero-order valence-electron chi connectivity index (χ0n) is 6.89. The van der Waals surface area contributed by atoms with Crippen LogP contribution >= 0.6 is 0 Å². The highest BCUT2D eigenvalue weighted by atomic mass is 14.9. The van der Waals surface area contributed by atoms with Crippen molar-refractivity contribution in [3.8, 4) is 0 Å². The van der Waals surface area contributed by atoms with Crippen molar-refractivity contribution in [1.29, 1.82) is 0 Å². The Balaban J connectivity index is 2.66. The molecule has 1 aliphatic rings. The highest BCUT2D eigenvalue weighted by Crippen LogP contribution is 2.04. The molecule has 1 rings (SSSR count). The van der Waals surface area contributed by atoms with Crippen LogP contribution in [0.3, 0.4) is 0 Å². The van der Waals surface area contributed by atoms with E-state index in [1.54, 1.807) is 0 Å². The zero-order valence-corrected chi connectivity index (χ0v) is 6.89.